The van der Waals surface area contributed by atoms with Crippen LogP contribution in [0.25, 0.3) is 0 Å². The van der Waals surface area contributed by atoms with Crippen molar-refractivity contribution < 1.29 is 0 Å². The molecule has 1 aromatic heterocycles. The summed E-state index contributed by atoms with van der Waals surface area (Å²) in [6, 6.07) is 3.88. The van der Waals surface area contributed by atoms with Crippen molar-refractivity contribution in [3.8, 4) is 0 Å². The molecule has 3 heteroatoms. The Labute approximate surface area is 79.1 Å². The normalized spacial score (nSPS) is 10.6. The monoisotopic (exact) mass is 177 g/mol. The summed E-state index contributed by atoms with van der Waals surface area (Å²) in [6.45, 7) is 6.07. The molecular formula is C10H15N3. The van der Waals surface area contributed by atoms with Crippen molar-refractivity contribution in [2.45, 2.75) is 13.8 Å². The van der Waals surface area contributed by atoms with Crippen LogP contribution in [0.3, 0.4) is 0 Å². The quantitative estimate of drug-likeness (QED) is 0.518. The first-order valence-electron chi connectivity index (χ1n) is 4.55. The highest BCUT2D eigenvalue weighted by atomic mass is 15.4. The molecule has 0 N–H and O–H groups in total. The number of nitrogens with zero attached hydrogens (tertiary/aromatic N) is 3. The van der Waals surface area contributed by atoms with Crippen molar-refractivity contribution >= 4 is 6.21 Å². The molecule has 70 valence electrons. The lowest BCUT2D eigenvalue weighted by Crippen LogP contribution is -2.15. The van der Waals surface area contributed by atoms with Crippen LogP contribution >= 0.6 is 0 Å². The molecular weight excluding hydrogens is 162 g/mol. The average Bonchev–Trinajstić information content (AvgIpc) is 2.21. The van der Waals surface area contributed by atoms with Crippen molar-refractivity contribution in [3.63, 3.8) is 0 Å². The van der Waals surface area contributed by atoms with E-state index in [2.05, 4.69) is 23.9 Å². The molecule has 3 nitrogen and oxygen atoms in total. The summed E-state index contributed by atoms with van der Waals surface area (Å²) in [6.07, 6.45) is 5.39. The van der Waals surface area contributed by atoms with E-state index < -0.39 is 0 Å². The van der Waals surface area contributed by atoms with Gasteiger partial charge < -0.3 is 0 Å². The van der Waals surface area contributed by atoms with E-state index in [1.807, 2.05) is 23.4 Å². The minimum Gasteiger partial charge on any atom is -0.298 e. The van der Waals surface area contributed by atoms with Gasteiger partial charge in [0.05, 0.1) is 6.21 Å². The molecule has 1 rings (SSSR count). The molecule has 0 fully saturated rings. The second-order valence-electron chi connectivity index (χ2n) is 2.66. The second kappa shape index (κ2) is 5.30. The van der Waals surface area contributed by atoms with E-state index in [9.17, 15) is 0 Å². The predicted octanol–water partition coefficient (Wildman–Crippen LogP) is 1.76. The Kier molecular flexibility index (Phi) is 3.96. The summed E-state index contributed by atoms with van der Waals surface area (Å²) in [5.41, 5.74) is 1.09. The van der Waals surface area contributed by atoms with E-state index in [0.29, 0.717) is 0 Å². The molecule has 0 aliphatic heterocycles. The van der Waals surface area contributed by atoms with Gasteiger partial charge in [-0.15, -0.1) is 0 Å². The number of hydrogen-bond acceptors (Lipinski definition) is 3. The van der Waals surface area contributed by atoms with Crippen molar-refractivity contribution in [3.05, 3.63) is 30.1 Å². The van der Waals surface area contributed by atoms with Crippen LogP contribution in [0.5, 0.6) is 0 Å². The van der Waals surface area contributed by atoms with Gasteiger partial charge >= 0.3 is 0 Å². The Morgan fingerprint density at radius 2 is 1.92 bits per heavy atom. The fourth-order valence-corrected chi connectivity index (χ4v) is 0.985. The third kappa shape index (κ3) is 3.23. The minimum absolute atomic E-state index is 0.943. The van der Waals surface area contributed by atoms with E-state index in [4.69, 9.17) is 0 Å². The second-order valence-corrected chi connectivity index (χ2v) is 2.66. The van der Waals surface area contributed by atoms with E-state index in [-0.39, 0.29) is 0 Å². The lowest BCUT2D eigenvalue weighted by molar-refractivity contribution is 0.323. The van der Waals surface area contributed by atoms with Crippen molar-refractivity contribution in [2.24, 2.45) is 5.10 Å². The molecule has 0 spiro atoms. The van der Waals surface area contributed by atoms with Crippen molar-refractivity contribution in [1.82, 2.24) is 9.99 Å². The molecule has 0 aromatic carbocycles. The minimum atomic E-state index is 0.943. The van der Waals surface area contributed by atoms with Gasteiger partial charge in [0.25, 0.3) is 0 Å². The maximum Gasteiger partial charge on any atom is 0.0544 e. The van der Waals surface area contributed by atoms with E-state index in [1.54, 1.807) is 12.4 Å². The number of hydrogen-bond donors (Lipinski definition) is 0. The highest BCUT2D eigenvalue weighted by molar-refractivity contribution is 5.78. The van der Waals surface area contributed by atoms with Crippen LogP contribution < -0.4 is 0 Å². The summed E-state index contributed by atoms with van der Waals surface area (Å²) in [5, 5.41) is 6.31. The summed E-state index contributed by atoms with van der Waals surface area (Å²) in [4.78, 5) is 3.94. The molecule has 0 aliphatic rings. The van der Waals surface area contributed by atoms with Crippen molar-refractivity contribution in [2.75, 3.05) is 13.1 Å². The Morgan fingerprint density at radius 1 is 1.31 bits per heavy atom. The summed E-state index contributed by atoms with van der Waals surface area (Å²) < 4.78 is 0. The van der Waals surface area contributed by atoms with E-state index >= 15 is 0 Å². The fraction of sp³-hybridized carbons (Fsp3) is 0.400. The molecule has 0 saturated heterocycles. The predicted molar refractivity (Wildman–Crippen MR) is 54.8 cm³/mol. The third-order valence-corrected chi connectivity index (χ3v) is 1.81. The smallest absolute Gasteiger partial charge is 0.0544 e. The Morgan fingerprint density at radius 3 is 2.46 bits per heavy atom. The molecule has 0 amide bonds. The standard InChI is InChI=1S/C10H15N3/c1-3-13(4-2)12-9-10-5-7-11-8-6-10/h5-9H,3-4H2,1-2H3. The van der Waals surface area contributed by atoms with Crippen LogP contribution in [0, 0.1) is 0 Å². The molecule has 13 heavy (non-hydrogen) atoms. The zero-order valence-corrected chi connectivity index (χ0v) is 8.14. The van der Waals surface area contributed by atoms with Gasteiger partial charge in [-0.1, -0.05) is 0 Å². The Bertz CT molecular complexity index is 252. The topological polar surface area (TPSA) is 28.5 Å². The molecule has 0 bridgehead atoms. The van der Waals surface area contributed by atoms with Gasteiger partial charge in [0, 0.05) is 25.5 Å². The summed E-state index contributed by atoms with van der Waals surface area (Å²) in [7, 11) is 0. The first-order chi connectivity index (χ1) is 6.36. The molecule has 1 heterocycles. The fourth-order valence-electron chi connectivity index (χ4n) is 0.985. The van der Waals surface area contributed by atoms with Gasteiger partial charge in [-0.2, -0.15) is 5.10 Å². The SMILES string of the molecule is CCN(CC)N=Cc1ccncc1. The first kappa shape index (κ1) is 9.71. The number of hydrazone groups is 1. The lowest BCUT2D eigenvalue weighted by Gasteiger charge is -2.12. The van der Waals surface area contributed by atoms with E-state index in [0.717, 1.165) is 18.7 Å². The van der Waals surface area contributed by atoms with Crippen LogP contribution in [0.2, 0.25) is 0 Å². The Balaban J connectivity index is 2.57. The highest BCUT2D eigenvalue weighted by Gasteiger charge is 1.90. The van der Waals surface area contributed by atoms with Crippen LogP contribution in [-0.4, -0.2) is 29.3 Å². The molecule has 0 saturated carbocycles. The van der Waals surface area contributed by atoms with Gasteiger partial charge in [0.15, 0.2) is 0 Å². The third-order valence-electron chi connectivity index (χ3n) is 1.81. The summed E-state index contributed by atoms with van der Waals surface area (Å²) >= 11 is 0. The Hall–Kier alpha value is -1.38. The summed E-state index contributed by atoms with van der Waals surface area (Å²) in [5.74, 6) is 0. The van der Waals surface area contributed by atoms with Gasteiger partial charge in [-0.3, -0.25) is 9.99 Å². The molecule has 0 atom stereocenters. The van der Waals surface area contributed by atoms with Crippen molar-refractivity contribution in [1.29, 1.82) is 0 Å². The van der Waals surface area contributed by atoms with Crippen LogP contribution in [-0.2, 0) is 0 Å². The van der Waals surface area contributed by atoms with Gasteiger partial charge in [-0.25, -0.2) is 0 Å². The lowest BCUT2D eigenvalue weighted by atomic mass is 10.3. The molecule has 0 unspecified atom stereocenters. The van der Waals surface area contributed by atoms with Crippen LogP contribution in [0.15, 0.2) is 29.6 Å². The largest absolute Gasteiger partial charge is 0.298 e. The van der Waals surface area contributed by atoms with Gasteiger partial charge in [0.1, 0.15) is 0 Å². The molecule has 1 aromatic rings. The zero-order valence-electron chi connectivity index (χ0n) is 8.14. The maximum atomic E-state index is 4.31. The maximum absolute atomic E-state index is 4.31. The molecule has 0 radical (unpaired) electrons. The number of aromatic nitrogens is 1. The molecule has 0 aliphatic carbocycles. The van der Waals surface area contributed by atoms with Gasteiger partial charge in [-0.05, 0) is 31.5 Å². The number of pyridine rings is 1. The van der Waals surface area contributed by atoms with Gasteiger partial charge in [0.2, 0.25) is 0 Å². The zero-order chi connectivity index (χ0) is 9.52. The first-order valence-corrected chi connectivity index (χ1v) is 4.55. The average molecular weight is 177 g/mol. The highest BCUT2D eigenvalue weighted by Crippen LogP contribution is 1.93. The van der Waals surface area contributed by atoms with Crippen LogP contribution in [0.1, 0.15) is 19.4 Å². The van der Waals surface area contributed by atoms with Crippen LogP contribution in [0.4, 0.5) is 0 Å². The number of rotatable bonds is 4. The van der Waals surface area contributed by atoms with E-state index in [1.165, 1.54) is 0 Å².